The van der Waals surface area contributed by atoms with Gasteiger partial charge in [-0.05, 0) is 37.6 Å². The lowest BCUT2D eigenvalue weighted by Crippen LogP contribution is -2.42. The zero-order valence-corrected chi connectivity index (χ0v) is 16.9. The molecule has 0 fully saturated rings. The number of amides is 1. The summed E-state index contributed by atoms with van der Waals surface area (Å²) < 4.78 is 7.42. The Hall–Kier alpha value is -3.52. The van der Waals surface area contributed by atoms with Gasteiger partial charge in [0.05, 0.1) is 10.9 Å². The van der Waals surface area contributed by atoms with E-state index in [4.69, 9.17) is 4.74 Å². The third-order valence-corrected chi connectivity index (χ3v) is 4.72. The lowest BCUT2D eigenvalue weighted by Gasteiger charge is -2.14. The van der Waals surface area contributed by atoms with Crippen LogP contribution in [-0.2, 0) is 22.6 Å². The van der Waals surface area contributed by atoms with Gasteiger partial charge in [-0.25, -0.2) is 4.79 Å². The van der Waals surface area contributed by atoms with E-state index in [9.17, 15) is 19.2 Å². The number of carbonyl (C=O) groups excluding carboxylic acids is 2. The molecule has 0 aliphatic heterocycles. The molecule has 8 heteroatoms. The number of hydrogen-bond donors (Lipinski definition) is 1. The molecule has 0 saturated heterocycles. The van der Waals surface area contributed by atoms with E-state index >= 15 is 0 Å². The number of ketones is 1. The van der Waals surface area contributed by atoms with Crippen LogP contribution >= 0.6 is 0 Å². The fourth-order valence-corrected chi connectivity index (χ4v) is 3.25. The number of nitrogens with one attached hydrogen (secondary N) is 1. The molecule has 1 aromatic heterocycles. The van der Waals surface area contributed by atoms with E-state index in [1.54, 1.807) is 55.6 Å². The summed E-state index contributed by atoms with van der Waals surface area (Å²) in [7, 11) is 1.55. The number of methoxy groups -OCH3 is 1. The van der Waals surface area contributed by atoms with Crippen LogP contribution in [0.1, 0.15) is 23.7 Å². The van der Waals surface area contributed by atoms with Crippen LogP contribution in [0.4, 0.5) is 5.69 Å². The van der Waals surface area contributed by atoms with Gasteiger partial charge in [-0.3, -0.25) is 23.5 Å². The van der Waals surface area contributed by atoms with E-state index in [1.807, 2.05) is 0 Å². The molecular weight excluding hydrogens is 386 g/mol. The molecule has 30 heavy (non-hydrogen) atoms. The second-order valence-corrected chi connectivity index (χ2v) is 6.87. The molecule has 0 saturated carbocycles. The van der Waals surface area contributed by atoms with Crippen molar-refractivity contribution in [3.05, 3.63) is 74.9 Å². The minimum atomic E-state index is -0.553. The van der Waals surface area contributed by atoms with Crippen molar-refractivity contribution in [2.75, 3.05) is 19.0 Å². The van der Waals surface area contributed by atoms with Crippen LogP contribution in [0.25, 0.3) is 10.9 Å². The van der Waals surface area contributed by atoms with Crippen LogP contribution in [0.3, 0.4) is 0 Å². The van der Waals surface area contributed by atoms with Gasteiger partial charge in [-0.2, -0.15) is 0 Å². The summed E-state index contributed by atoms with van der Waals surface area (Å²) in [6.45, 7) is 1.78. The van der Waals surface area contributed by atoms with Gasteiger partial charge in [0, 0.05) is 31.5 Å². The lowest BCUT2D eigenvalue weighted by molar-refractivity contribution is -0.116. The van der Waals surface area contributed by atoms with Gasteiger partial charge >= 0.3 is 5.69 Å². The van der Waals surface area contributed by atoms with Crippen LogP contribution in [0, 0.1) is 0 Å². The van der Waals surface area contributed by atoms with Gasteiger partial charge < -0.3 is 10.1 Å². The Morgan fingerprint density at radius 2 is 1.80 bits per heavy atom. The maximum absolute atomic E-state index is 13.0. The number of carbonyl (C=O) groups is 2. The molecule has 3 rings (SSSR count). The molecule has 156 valence electrons. The Kier molecular flexibility index (Phi) is 6.58. The van der Waals surface area contributed by atoms with Crippen molar-refractivity contribution in [2.45, 2.75) is 26.4 Å². The summed E-state index contributed by atoms with van der Waals surface area (Å²) >= 11 is 0. The van der Waals surface area contributed by atoms with Gasteiger partial charge in [-0.15, -0.1) is 0 Å². The average Bonchev–Trinajstić information content (AvgIpc) is 2.74. The van der Waals surface area contributed by atoms with Crippen LogP contribution < -0.4 is 16.6 Å². The standard InChI is InChI=1S/C22H23N3O5/c1-15(26)16-7-5-8-17(13-16)23-20(27)14-25-19-10-4-3-9-18(19)21(28)24(22(25)29)11-6-12-30-2/h3-5,7-10,13H,6,11-12,14H2,1-2H3,(H,23,27). The average molecular weight is 409 g/mol. The SMILES string of the molecule is COCCCn1c(=O)c2ccccc2n(CC(=O)Nc2cccc(C(C)=O)c2)c1=O. The quantitative estimate of drug-likeness (QED) is 0.453. The van der Waals surface area contributed by atoms with Crippen LogP contribution in [0.15, 0.2) is 58.1 Å². The summed E-state index contributed by atoms with van der Waals surface area (Å²) in [5.74, 6) is -0.554. The summed E-state index contributed by atoms with van der Waals surface area (Å²) in [6.07, 6.45) is 0.494. The predicted octanol–water partition coefficient (Wildman–Crippen LogP) is 2.04. The maximum Gasteiger partial charge on any atom is 0.331 e. The van der Waals surface area contributed by atoms with Gasteiger partial charge in [-0.1, -0.05) is 24.3 Å². The van der Waals surface area contributed by atoms with E-state index in [1.165, 1.54) is 11.5 Å². The third kappa shape index (κ3) is 4.55. The largest absolute Gasteiger partial charge is 0.385 e. The van der Waals surface area contributed by atoms with Crippen LogP contribution in [-0.4, -0.2) is 34.5 Å². The van der Waals surface area contributed by atoms with Crippen LogP contribution in [0.2, 0.25) is 0 Å². The molecule has 0 aliphatic carbocycles. The Morgan fingerprint density at radius 1 is 1.03 bits per heavy atom. The van der Waals surface area contributed by atoms with E-state index in [0.717, 1.165) is 4.57 Å². The third-order valence-electron chi connectivity index (χ3n) is 4.72. The van der Waals surface area contributed by atoms with Crippen molar-refractivity contribution in [2.24, 2.45) is 0 Å². The Morgan fingerprint density at radius 3 is 2.53 bits per heavy atom. The van der Waals surface area contributed by atoms with E-state index in [2.05, 4.69) is 5.32 Å². The van der Waals surface area contributed by atoms with Gasteiger partial charge in [0.2, 0.25) is 5.91 Å². The highest BCUT2D eigenvalue weighted by Crippen LogP contribution is 2.12. The summed E-state index contributed by atoms with van der Waals surface area (Å²) in [4.78, 5) is 49.9. The van der Waals surface area contributed by atoms with Crippen molar-refractivity contribution in [1.82, 2.24) is 9.13 Å². The Labute approximate surface area is 172 Å². The molecule has 0 spiro atoms. The maximum atomic E-state index is 13.0. The number of nitrogens with zero attached hydrogens (tertiary/aromatic N) is 2. The summed E-state index contributed by atoms with van der Waals surface area (Å²) in [6, 6.07) is 13.3. The Balaban J connectivity index is 1.95. The van der Waals surface area contributed by atoms with Gasteiger partial charge in [0.15, 0.2) is 5.78 Å². The number of para-hydroxylation sites is 1. The molecule has 0 unspecified atom stereocenters. The molecule has 0 radical (unpaired) electrons. The minimum absolute atomic E-state index is 0.114. The number of fused-ring (bicyclic) bond motifs is 1. The van der Waals surface area contributed by atoms with Gasteiger partial charge in [0.1, 0.15) is 6.54 Å². The summed E-state index contributed by atoms with van der Waals surface area (Å²) in [5.41, 5.74) is 0.378. The summed E-state index contributed by atoms with van der Waals surface area (Å²) in [5, 5.41) is 3.07. The van der Waals surface area contributed by atoms with Crippen molar-refractivity contribution in [3.8, 4) is 0 Å². The molecular formula is C22H23N3O5. The topological polar surface area (TPSA) is 99.4 Å². The molecule has 3 aromatic rings. The van der Waals surface area contributed by atoms with E-state index in [-0.39, 0.29) is 18.9 Å². The number of Topliss-reactive ketones (excluding diaryl/α,β-unsaturated/α-hetero) is 1. The molecule has 8 nitrogen and oxygen atoms in total. The first-order chi connectivity index (χ1) is 14.4. The number of ether oxygens (including phenoxy) is 1. The number of rotatable bonds is 8. The molecule has 0 atom stereocenters. The van der Waals surface area contributed by atoms with Crippen molar-refractivity contribution >= 4 is 28.3 Å². The minimum Gasteiger partial charge on any atom is -0.385 e. The fraction of sp³-hybridized carbons (Fsp3) is 0.273. The van der Waals surface area contributed by atoms with E-state index < -0.39 is 17.2 Å². The molecule has 1 N–H and O–H groups in total. The van der Waals surface area contributed by atoms with Crippen molar-refractivity contribution in [3.63, 3.8) is 0 Å². The first-order valence-electron chi connectivity index (χ1n) is 9.54. The highest BCUT2D eigenvalue weighted by Gasteiger charge is 2.15. The highest BCUT2D eigenvalue weighted by atomic mass is 16.5. The molecule has 0 bridgehead atoms. The van der Waals surface area contributed by atoms with Crippen molar-refractivity contribution in [1.29, 1.82) is 0 Å². The molecule has 0 aliphatic rings. The molecule has 2 aromatic carbocycles. The van der Waals surface area contributed by atoms with Crippen LogP contribution in [0.5, 0.6) is 0 Å². The molecule has 1 heterocycles. The highest BCUT2D eigenvalue weighted by molar-refractivity contribution is 5.97. The predicted molar refractivity (Wildman–Crippen MR) is 114 cm³/mol. The smallest absolute Gasteiger partial charge is 0.331 e. The normalized spacial score (nSPS) is 10.9. The van der Waals surface area contributed by atoms with Gasteiger partial charge in [0.25, 0.3) is 5.56 Å². The fourth-order valence-electron chi connectivity index (χ4n) is 3.25. The lowest BCUT2D eigenvalue weighted by atomic mass is 10.1. The number of hydrogen-bond acceptors (Lipinski definition) is 5. The first-order valence-corrected chi connectivity index (χ1v) is 9.54. The molecule has 1 amide bonds. The zero-order valence-electron chi connectivity index (χ0n) is 16.9. The zero-order chi connectivity index (χ0) is 21.7. The van der Waals surface area contributed by atoms with E-state index in [0.29, 0.717) is 35.2 Å². The Bertz CT molecular complexity index is 1210. The van der Waals surface area contributed by atoms with Crippen molar-refractivity contribution < 1.29 is 14.3 Å². The number of anilines is 1. The second-order valence-electron chi connectivity index (χ2n) is 6.87. The number of aromatic nitrogens is 2. The first kappa shape index (κ1) is 21.2. The second kappa shape index (κ2) is 9.32. The monoisotopic (exact) mass is 409 g/mol. The number of benzene rings is 2.